The van der Waals surface area contributed by atoms with Crippen molar-refractivity contribution in [2.45, 2.75) is 136 Å². The fourth-order valence-electron chi connectivity index (χ4n) is 11.8. The molecule has 0 saturated carbocycles. The second-order valence-electron chi connectivity index (χ2n) is 23.2. The third kappa shape index (κ3) is 6.06. The van der Waals surface area contributed by atoms with E-state index < -0.39 is 0 Å². The average molecular weight is 827 g/mol. The Morgan fingerprint density at radius 1 is 0.524 bits per heavy atom. The van der Waals surface area contributed by atoms with Gasteiger partial charge in [0.2, 0.25) is 0 Å². The Labute approximate surface area is 376 Å². The number of anilines is 6. The second-order valence-corrected chi connectivity index (χ2v) is 23.2. The molecule has 3 nitrogen and oxygen atoms in total. The van der Waals surface area contributed by atoms with E-state index in [1.54, 1.807) is 0 Å². The summed E-state index contributed by atoms with van der Waals surface area (Å²) in [5.41, 5.74) is 23.1. The van der Waals surface area contributed by atoms with Crippen LogP contribution in [0.15, 0.2) is 120 Å². The first-order valence-corrected chi connectivity index (χ1v) is 23.5. The molecule has 0 bridgehead atoms. The first-order valence-electron chi connectivity index (χ1n) is 23.5. The first-order chi connectivity index (χ1) is 29.7. The zero-order valence-electron chi connectivity index (χ0n) is 39.7. The van der Waals surface area contributed by atoms with Crippen molar-refractivity contribution in [3.63, 3.8) is 0 Å². The number of hydrogen-bond donors (Lipinski definition) is 0. The van der Waals surface area contributed by atoms with Gasteiger partial charge in [0.1, 0.15) is 5.58 Å². The minimum Gasteiger partial charge on any atom is -0.468 e. The molecule has 7 aromatic rings. The zero-order valence-corrected chi connectivity index (χ0v) is 39.7. The lowest BCUT2D eigenvalue weighted by molar-refractivity contribution is 0.332. The molecule has 6 aromatic carbocycles. The molecule has 0 unspecified atom stereocenters. The molecule has 4 heteroatoms. The molecule has 2 aliphatic heterocycles. The van der Waals surface area contributed by atoms with Crippen LogP contribution in [-0.4, -0.2) is 6.71 Å². The van der Waals surface area contributed by atoms with Gasteiger partial charge in [0, 0.05) is 33.8 Å². The highest BCUT2D eigenvalue weighted by Gasteiger charge is 2.49. The van der Waals surface area contributed by atoms with Gasteiger partial charge >= 0.3 is 0 Å². The van der Waals surface area contributed by atoms with Crippen LogP contribution >= 0.6 is 0 Å². The number of hydrogen-bond acceptors (Lipinski definition) is 3. The third-order valence-corrected chi connectivity index (χ3v) is 16.0. The van der Waals surface area contributed by atoms with E-state index in [1.807, 2.05) is 0 Å². The van der Waals surface area contributed by atoms with Crippen LogP contribution in [0, 0.1) is 6.92 Å². The Hall–Kier alpha value is -5.48. The average Bonchev–Trinajstić information content (AvgIpc) is 3.62. The molecular formula is C59H63BN2O. The molecule has 11 rings (SSSR count). The van der Waals surface area contributed by atoms with Gasteiger partial charge in [0.05, 0.1) is 11.3 Å². The number of rotatable bonds is 3. The Morgan fingerprint density at radius 2 is 1.08 bits per heavy atom. The van der Waals surface area contributed by atoms with E-state index >= 15 is 0 Å². The van der Waals surface area contributed by atoms with Crippen LogP contribution in [-0.2, 0) is 27.1 Å². The molecule has 0 N–H and O–H groups in total. The van der Waals surface area contributed by atoms with Gasteiger partial charge in [-0.2, -0.15) is 0 Å². The number of benzene rings is 6. The molecule has 63 heavy (non-hydrogen) atoms. The molecule has 1 aromatic heterocycles. The smallest absolute Gasteiger partial charge is 0.297 e. The normalized spacial score (nSPS) is 18.6. The van der Waals surface area contributed by atoms with Gasteiger partial charge < -0.3 is 14.2 Å². The standard InChI is InChI=1S/C59H63BN2O/c1-36-30-49-52-50(31-36)62(40-21-18-38(19-22-40)37-16-14-13-15-17-37)53-42-32-39(55(2,3)4)20-25-51(42)63-54(53)60(52)47-34-45-46(59(11,12)29-28-58(45,9)10)35-48(47)61(49)41-23-24-43-44(33-41)57(7,8)27-26-56(43,5)6/h13-25,30-35H,26-29H2,1-12H3. The fraction of sp³-hybridized carbons (Fsp3) is 0.356. The van der Waals surface area contributed by atoms with E-state index in [-0.39, 0.29) is 33.8 Å². The predicted octanol–water partition coefficient (Wildman–Crippen LogP) is 14.5. The Balaban J connectivity index is 1.24. The maximum absolute atomic E-state index is 7.38. The summed E-state index contributed by atoms with van der Waals surface area (Å²) in [6.45, 7) is 28.8. The lowest BCUT2D eigenvalue weighted by atomic mass is 9.35. The van der Waals surface area contributed by atoms with Crippen molar-refractivity contribution >= 4 is 68.4 Å². The summed E-state index contributed by atoms with van der Waals surface area (Å²) in [5.74, 6) is 0. The van der Waals surface area contributed by atoms with Crippen molar-refractivity contribution in [3.8, 4) is 11.1 Å². The van der Waals surface area contributed by atoms with Gasteiger partial charge in [-0.1, -0.05) is 137 Å². The summed E-state index contributed by atoms with van der Waals surface area (Å²) in [5, 5.41) is 1.17. The van der Waals surface area contributed by atoms with Crippen molar-refractivity contribution in [2.24, 2.45) is 0 Å². The van der Waals surface area contributed by atoms with E-state index in [4.69, 9.17) is 4.42 Å². The second kappa shape index (κ2) is 13.3. The lowest BCUT2D eigenvalue weighted by Gasteiger charge is -2.47. The third-order valence-electron chi connectivity index (χ3n) is 16.0. The van der Waals surface area contributed by atoms with Crippen molar-refractivity contribution in [1.29, 1.82) is 0 Å². The maximum atomic E-state index is 7.38. The number of nitrogens with zero attached hydrogens (tertiary/aromatic N) is 2. The SMILES string of the molecule is Cc1cc2c3c(c1)N(c1ccc(-c4ccccc4)cc1)c1c(oc4ccc(C(C)(C)C)cc14)B3c1cc3c(cc1N2c1ccc2c(c1)C(C)(C)CCC2(C)C)C(C)(C)CCC3(C)C. The van der Waals surface area contributed by atoms with Crippen LogP contribution in [0.4, 0.5) is 34.1 Å². The molecule has 2 aliphatic carbocycles. The summed E-state index contributed by atoms with van der Waals surface area (Å²) in [6, 6.07) is 44.4. The molecule has 0 saturated heterocycles. The molecular weight excluding hydrogens is 763 g/mol. The quantitative estimate of drug-likeness (QED) is 0.165. The summed E-state index contributed by atoms with van der Waals surface area (Å²) >= 11 is 0. The summed E-state index contributed by atoms with van der Waals surface area (Å²) in [4.78, 5) is 5.19. The van der Waals surface area contributed by atoms with E-state index in [2.05, 4.69) is 208 Å². The number of furan rings is 1. The Morgan fingerprint density at radius 3 is 1.71 bits per heavy atom. The van der Waals surface area contributed by atoms with E-state index in [1.165, 1.54) is 103 Å². The van der Waals surface area contributed by atoms with Gasteiger partial charge in [0.25, 0.3) is 6.71 Å². The maximum Gasteiger partial charge on any atom is 0.297 e. The van der Waals surface area contributed by atoms with Gasteiger partial charge in [-0.05, 0) is 170 Å². The molecule has 3 heterocycles. The van der Waals surface area contributed by atoms with Gasteiger partial charge in [-0.25, -0.2) is 0 Å². The highest BCUT2D eigenvalue weighted by Crippen LogP contribution is 2.53. The molecule has 4 aliphatic rings. The van der Waals surface area contributed by atoms with Crippen molar-refractivity contribution in [1.82, 2.24) is 0 Å². The first kappa shape index (κ1) is 40.3. The van der Waals surface area contributed by atoms with Crippen molar-refractivity contribution < 1.29 is 4.42 Å². The molecule has 0 radical (unpaired) electrons. The Bertz CT molecular complexity index is 3010. The monoisotopic (exact) mass is 827 g/mol. The molecule has 0 atom stereocenters. The molecule has 318 valence electrons. The number of fused-ring (bicyclic) bond motifs is 8. The summed E-state index contributed by atoms with van der Waals surface area (Å²) < 4.78 is 7.38. The Kier molecular flexibility index (Phi) is 8.50. The summed E-state index contributed by atoms with van der Waals surface area (Å²) in [7, 11) is 0. The fourth-order valence-corrected chi connectivity index (χ4v) is 11.8. The van der Waals surface area contributed by atoms with Crippen LogP contribution in [0.1, 0.15) is 135 Å². The van der Waals surface area contributed by atoms with Crippen molar-refractivity contribution in [3.05, 3.63) is 149 Å². The van der Waals surface area contributed by atoms with E-state index in [9.17, 15) is 0 Å². The molecule has 0 amide bonds. The van der Waals surface area contributed by atoms with Gasteiger partial charge in [-0.15, -0.1) is 0 Å². The predicted molar refractivity (Wildman–Crippen MR) is 270 cm³/mol. The van der Waals surface area contributed by atoms with Crippen LogP contribution in [0.5, 0.6) is 0 Å². The minimum atomic E-state index is -0.0960. The van der Waals surface area contributed by atoms with E-state index in [0.29, 0.717) is 0 Å². The molecule has 0 spiro atoms. The van der Waals surface area contributed by atoms with Gasteiger partial charge in [0.15, 0.2) is 0 Å². The summed E-state index contributed by atoms with van der Waals surface area (Å²) in [6.07, 6.45) is 4.70. The molecule has 0 fully saturated rings. The highest BCUT2D eigenvalue weighted by molar-refractivity contribution is 7.00. The van der Waals surface area contributed by atoms with Gasteiger partial charge in [-0.3, -0.25) is 0 Å². The number of aryl methyl sites for hydroxylation is 1. The zero-order chi connectivity index (χ0) is 44.2. The largest absolute Gasteiger partial charge is 0.468 e. The highest BCUT2D eigenvalue weighted by atomic mass is 16.3. The van der Waals surface area contributed by atoms with Crippen LogP contribution in [0.25, 0.3) is 22.1 Å². The lowest BCUT2D eigenvalue weighted by Crippen LogP contribution is -2.61. The van der Waals surface area contributed by atoms with E-state index in [0.717, 1.165) is 29.0 Å². The van der Waals surface area contributed by atoms with Crippen LogP contribution in [0.3, 0.4) is 0 Å². The van der Waals surface area contributed by atoms with Crippen LogP contribution < -0.4 is 26.4 Å². The minimum absolute atomic E-state index is 0.0229. The van der Waals surface area contributed by atoms with Crippen LogP contribution in [0.2, 0.25) is 0 Å². The topological polar surface area (TPSA) is 19.6 Å². The van der Waals surface area contributed by atoms with Crippen molar-refractivity contribution in [2.75, 3.05) is 9.80 Å².